The summed E-state index contributed by atoms with van der Waals surface area (Å²) < 4.78 is 0. The first-order valence-electron chi connectivity index (χ1n) is 9.49. The third-order valence-electron chi connectivity index (χ3n) is 6.99. The highest BCUT2D eigenvalue weighted by Crippen LogP contribution is 2.61. The molecule has 1 N–H and O–H groups in total. The number of fused-ring (bicyclic) bond motifs is 1. The SMILES string of the molecule is N#Cc1c(NC(=O)CC23CC4CC(CC(C4)C2)C3)sc2c1CCC2. The molecule has 5 aliphatic carbocycles. The van der Waals surface area contributed by atoms with Crippen LogP contribution < -0.4 is 5.32 Å². The van der Waals surface area contributed by atoms with Gasteiger partial charge in [0.15, 0.2) is 0 Å². The summed E-state index contributed by atoms with van der Waals surface area (Å²) in [4.78, 5) is 14.1. The molecule has 1 amide bonds. The summed E-state index contributed by atoms with van der Waals surface area (Å²) in [5, 5.41) is 13.4. The zero-order valence-electron chi connectivity index (χ0n) is 14.1. The highest BCUT2D eigenvalue weighted by Gasteiger charge is 2.51. The Hall–Kier alpha value is -1.34. The van der Waals surface area contributed by atoms with Gasteiger partial charge in [0.1, 0.15) is 11.1 Å². The Balaban J connectivity index is 1.33. The summed E-state index contributed by atoms with van der Waals surface area (Å²) in [6.45, 7) is 0. The molecule has 0 aliphatic heterocycles. The van der Waals surface area contributed by atoms with Crippen LogP contribution in [0, 0.1) is 34.5 Å². The van der Waals surface area contributed by atoms with Gasteiger partial charge >= 0.3 is 0 Å². The van der Waals surface area contributed by atoms with Crippen LogP contribution >= 0.6 is 11.3 Å². The number of hydrogen-bond acceptors (Lipinski definition) is 3. The lowest BCUT2D eigenvalue weighted by molar-refractivity contribution is -0.124. The van der Waals surface area contributed by atoms with Crippen molar-refractivity contribution in [3.05, 3.63) is 16.0 Å². The number of hydrogen-bond donors (Lipinski definition) is 1. The number of nitrogens with one attached hydrogen (secondary N) is 1. The van der Waals surface area contributed by atoms with Crippen molar-refractivity contribution in [1.82, 2.24) is 0 Å². The van der Waals surface area contributed by atoms with Gasteiger partial charge in [-0.3, -0.25) is 4.79 Å². The number of carbonyl (C=O) groups excluding carboxylic acids is 1. The molecule has 0 atom stereocenters. The molecule has 4 bridgehead atoms. The number of carbonyl (C=O) groups is 1. The van der Waals surface area contributed by atoms with Gasteiger partial charge in [0.2, 0.25) is 5.91 Å². The van der Waals surface area contributed by atoms with Gasteiger partial charge in [0, 0.05) is 11.3 Å². The van der Waals surface area contributed by atoms with Crippen LogP contribution in [0.4, 0.5) is 5.00 Å². The summed E-state index contributed by atoms with van der Waals surface area (Å²) in [5.74, 6) is 2.78. The van der Waals surface area contributed by atoms with E-state index in [1.165, 1.54) is 49.0 Å². The van der Waals surface area contributed by atoms with Crippen molar-refractivity contribution >= 4 is 22.2 Å². The number of anilines is 1. The number of nitrogens with zero attached hydrogens (tertiary/aromatic N) is 1. The molecule has 24 heavy (non-hydrogen) atoms. The predicted molar refractivity (Wildman–Crippen MR) is 94.9 cm³/mol. The molecule has 4 saturated carbocycles. The molecule has 0 spiro atoms. The quantitative estimate of drug-likeness (QED) is 0.870. The Bertz CT molecular complexity index is 706. The van der Waals surface area contributed by atoms with Gasteiger partial charge in [-0.2, -0.15) is 5.26 Å². The second-order valence-electron chi connectivity index (χ2n) is 8.82. The van der Waals surface area contributed by atoms with E-state index in [2.05, 4.69) is 11.4 Å². The van der Waals surface area contributed by atoms with E-state index in [-0.39, 0.29) is 11.3 Å². The fraction of sp³-hybridized carbons (Fsp3) is 0.700. The second-order valence-corrected chi connectivity index (χ2v) is 9.92. The van der Waals surface area contributed by atoms with Crippen LogP contribution in [0.25, 0.3) is 0 Å². The van der Waals surface area contributed by atoms with Gasteiger partial charge in [-0.25, -0.2) is 0 Å². The van der Waals surface area contributed by atoms with Crippen molar-refractivity contribution in [2.45, 2.75) is 64.2 Å². The third kappa shape index (κ3) is 2.32. The highest BCUT2D eigenvalue weighted by molar-refractivity contribution is 7.16. The molecule has 4 heteroatoms. The van der Waals surface area contributed by atoms with Gasteiger partial charge in [0.25, 0.3) is 0 Å². The van der Waals surface area contributed by atoms with Crippen molar-refractivity contribution in [2.75, 3.05) is 5.32 Å². The summed E-state index contributed by atoms with van der Waals surface area (Å²) >= 11 is 1.64. The maximum Gasteiger partial charge on any atom is 0.225 e. The first kappa shape index (κ1) is 15.0. The van der Waals surface area contributed by atoms with Crippen LogP contribution in [0.1, 0.15) is 67.4 Å². The zero-order valence-corrected chi connectivity index (χ0v) is 14.9. The van der Waals surface area contributed by atoms with Crippen LogP contribution in [-0.2, 0) is 17.6 Å². The summed E-state index contributed by atoms with van der Waals surface area (Å²) in [5.41, 5.74) is 2.21. The van der Waals surface area contributed by atoms with Gasteiger partial charge < -0.3 is 5.32 Å². The Morgan fingerprint density at radius 1 is 1.17 bits per heavy atom. The van der Waals surface area contributed by atoms with E-state index in [0.717, 1.165) is 47.6 Å². The van der Waals surface area contributed by atoms with Crippen LogP contribution in [0.5, 0.6) is 0 Å². The van der Waals surface area contributed by atoms with Gasteiger partial charge in [-0.05, 0) is 86.5 Å². The standard InChI is InChI=1S/C20H24N2OS/c21-11-16-15-2-1-3-17(15)24-19(16)22-18(23)10-20-7-12-4-13(8-20)6-14(5-12)9-20/h12-14H,1-10H2,(H,22,23). The average Bonchev–Trinajstić information content (AvgIpc) is 3.05. The predicted octanol–water partition coefficient (Wildman–Crippen LogP) is 4.65. The van der Waals surface area contributed by atoms with Crippen molar-refractivity contribution in [2.24, 2.45) is 23.2 Å². The minimum Gasteiger partial charge on any atom is -0.317 e. The Kier molecular flexibility index (Phi) is 3.32. The molecule has 1 aromatic rings. The molecule has 5 aliphatic rings. The van der Waals surface area contributed by atoms with Crippen molar-refractivity contribution in [3.63, 3.8) is 0 Å². The smallest absolute Gasteiger partial charge is 0.225 e. The molecule has 4 fully saturated rings. The highest BCUT2D eigenvalue weighted by atomic mass is 32.1. The van der Waals surface area contributed by atoms with E-state index in [9.17, 15) is 10.1 Å². The minimum atomic E-state index is 0.147. The number of nitriles is 1. The summed E-state index contributed by atoms with van der Waals surface area (Å²) in [6, 6.07) is 2.34. The topological polar surface area (TPSA) is 52.9 Å². The minimum absolute atomic E-state index is 0.147. The molecule has 0 aromatic carbocycles. The second kappa shape index (κ2) is 5.33. The van der Waals surface area contributed by atoms with Crippen molar-refractivity contribution in [1.29, 1.82) is 5.26 Å². The molecule has 1 aromatic heterocycles. The zero-order chi connectivity index (χ0) is 16.3. The fourth-order valence-corrected chi connectivity index (χ4v) is 7.88. The molecular formula is C20H24N2OS. The lowest BCUT2D eigenvalue weighted by Crippen LogP contribution is -2.47. The van der Waals surface area contributed by atoms with Crippen molar-refractivity contribution < 1.29 is 4.79 Å². The van der Waals surface area contributed by atoms with E-state index in [4.69, 9.17) is 0 Å². The number of aryl methyl sites for hydroxylation is 1. The van der Waals surface area contributed by atoms with Gasteiger partial charge in [-0.1, -0.05) is 0 Å². The maximum atomic E-state index is 12.8. The van der Waals surface area contributed by atoms with Gasteiger partial charge in [0.05, 0.1) is 5.56 Å². The lowest BCUT2D eigenvalue weighted by Gasteiger charge is -2.56. The van der Waals surface area contributed by atoms with Crippen LogP contribution in [-0.4, -0.2) is 5.91 Å². The molecular weight excluding hydrogens is 316 g/mol. The van der Waals surface area contributed by atoms with E-state index in [0.29, 0.717) is 6.42 Å². The Morgan fingerprint density at radius 3 is 2.46 bits per heavy atom. The normalized spacial score (nSPS) is 35.7. The monoisotopic (exact) mass is 340 g/mol. The maximum absolute atomic E-state index is 12.8. The number of amides is 1. The van der Waals surface area contributed by atoms with Gasteiger partial charge in [-0.15, -0.1) is 11.3 Å². The fourth-order valence-electron chi connectivity index (χ4n) is 6.63. The average molecular weight is 340 g/mol. The summed E-state index contributed by atoms with van der Waals surface area (Å²) in [6.07, 6.45) is 11.9. The van der Waals surface area contributed by atoms with E-state index >= 15 is 0 Å². The first-order valence-corrected chi connectivity index (χ1v) is 10.3. The van der Waals surface area contributed by atoms with Crippen molar-refractivity contribution in [3.8, 4) is 6.07 Å². The molecule has 126 valence electrons. The summed E-state index contributed by atoms with van der Waals surface area (Å²) in [7, 11) is 0. The lowest BCUT2D eigenvalue weighted by atomic mass is 9.49. The molecule has 0 radical (unpaired) electrons. The largest absolute Gasteiger partial charge is 0.317 e. The Labute approximate surface area is 147 Å². The number of thiophene rings is 1. The molecule has 3 nitrogen and oxygen atoms in total. The molecule has 0 unspecified atom stereocenters. The molecule has 0 saturated heterocycles. The molecule has 6 rings (SSSR count). The van der Waals surface area contributed by atoms with E-state index in [1.807, 2.05) is 0 Å². The van der Waals surface area contributed by atoms with E-state index < -0.39 is 0 Å². The van der Waals surface area contributed by atoms with E-state index in [1.54, 1.807) is 11.3 Å². The Morgan fingerprint density at radius 2 is 1.83 bits per heavy atom. The third-order valence-corrected chi connectivity index (χ3v) is 8.19. The first-order chi connectivity index (χ1) is 11.6. The number of rotatable bonds is 3. The van der Waals surface area contributed by atoms with Crippen LogP contribution in [0.3, 0.4) is 0 Å². The van der Waals surface area contributed by atoms with Crippen LogP contribution in [0.15, 0.2) is 0 Å². The molecule has 1 heterocycles. The van der Waals surface area contributed by atoms with Crippen LogP contribution in [0.2, 0.25) is 0 Å².